The summed E-state index contributed by atoms with van der Waals surface area (Å²) in [6.07, 6.45) is 5.99. The van der Waals surface area contributed by atoms with Crippen molar-refractivity contribution in [2.45, 2.75) is 38.0 Å². The Kier molecular flexibility index (Phi) is 2.46. The van der Waals surface area contributed by atoms with E-state index in [9.17, 15) is 9.59 Å². The lowest BCUT2D eigenvalue weighted by molar-refractivity contribution is -0.134. The van der Waals surface area contributed by atoms with Crippen LogP contribution in [-0.2, 0) is 22.4 Å². The third kappa shape index (κ3) is 1.60. The molecular weight excluding hydrogens is 254 g/mol. The van der Waals surface area contributed by atoms with Gasteiger partial charge in [0.05, 0.1) is 12.2 Å². The molecule has 102 valence electrons. The first-order valence-corrected chi connectivity index (χ1v) is 7.09. The summed E-state index contributed by atoms with van der Waals surface area (Å²) >= 11 is 0. The summed E-state index contributed by atoms with van der Waals surface area (Å²) in [6.45, 7) is 0. The summed E-state index contributed by atoms with van der Waals surface area (Å²) in [5, 5.41) is 3.44. The van der Waals surface area contributed by atoms with Gasteiger partial charge in [-0.2, -0.15) is 0 Å². The average molecular weight is 269 g/mol. The maximum atomic E-state index is 12.0. The molecule has 1 aromatic carbocycles. The molecule has 0 saturated carbocycles. The van der Waals surface area contributed by atoms with E-state index in [1.54, 1.807) is 6.26 Å². The Balaban J connectivity index is 1.81. The first-order valence-electron chi connectivity index (χ1n) is 7.09. The van der Waals surface area contributed by atoms with Crippen molar-refractivity contribution in [1.82, 2.24) is 5.32 Å². The molecule has 4 heteroatoms. The molecular formula is C16H15NO3. The predicted molar refractivity (Wildman–Crippen MR) is 73.4 cm³/mol. The molecule has 0 radical (unpaired) electrons. The van der Waals surface area contributed by atoms with Crippen LogP contribution in [0.25, 0.3) is 11.0 Å². The molecule has 2 heterocycles. The van der Waals surface area contributed by atoms with E-state index in [0.717, 1.165) is 29.4 Å². The Hall–Kier alpha value is -2.10. The fraction of sp³-hybridized carbons (Fsp3) is 0.375. The van der Waals surface area contributed by atoms with E-state index in [0.29, 0.717) is 12.8 Å². The summed E-state index contributed by atoms with van der Waals surface area (Å²) in [5.74, 6) is -0.655. The fourth-order valence-electron chi connectivity index (χ4n) is 3.44. The Morgan fingerprint density at radius 2 is 2.05 bits per heavy atom. The number of hydrogen-bond acceptors (Lipinski definition) is 3. The number of carbonyl (C=O) groups excluding carboxylic acids is 2. The van der Waals surface area contributed by atoms with Gasteiger partial charge in [0.2, 0.25) is 11.8 Å². The fourth-order valence-corrected chi connectivity index (χ4v) is 3.44. The highest BCUT2D eigenvalue weighted by atomic mass is 16.3. The van der Waals surface area contributed by atoms with E-state index in [1.807, 2.05) is 0 Å². The predicted octanol–water partition coefficient (Wildman–Crippen LogP) is 2.44. The number of rotatable bonds is 1. The van der Waals surface area contributed by atoms with Crippen LogP contribution in [0.3, 0.4) is 0 Å². The van der Waals surface area contributed by atoms with Crippen LogP contribution in [0.2, 0.25) is 0 Å². The van der Waals surface area contributed by atoms with Crippen LogP contribution in [0.4, 0.5) is 0 Å². The number of nitrogens with one attached hydrogen (secondary N) is 1. The normalized spacial score (nSPS) is 22.1. The maximum absolute atomic E-state index is 12.0. The molecule has 1 aliphatic carbocycles. The molecule has 20 heavy (non-hydrogen) atoms. The lowest BCUT2D eigenvalue weighted by atomic mass is 9.89. The van der Waals surface area contributed by atoms with Crippen molar-refractivity contribution in [1.29, 1.82) is 0 Å². The molecule has 1 unspecified atom stereocenters. The Labute approximate surface area is 116 Å². The third-order valence-electron chi connectivity index (χ3n) is 4.46. The van der Waals surface area contributed by atoms with Gasteiger partial charge < -0.3 is 4.42 Å². The summed E-state index contributed by atoms with van der Waals surface area (Å²) in [4.78, 5) is 23.3. The van der Waals surface area contributed by atoms with Gasteiger partial charge >= 0.3 is 0 Å². The zero-order chi connectivity index (χ0) is 13.7. The summed E-state index contributed by atoms with van der Waals surface area (Å²) in [5.41, 5.74) is 4.50. The molecule has 0 bridgehead atoms. The Morgan fingerprint density at radius 3 is 2.90 bits per heavy atom. The zero-order valence-corrected chi connectivity index (χ0v) is 11.1. The molecule has 1 fully saturated rings. The number of fused-ring (bicyclic) bond motifs is 3. The topological polar surface area (TPSA) is 59.3 Å². The average Bonchev–Trinajstić information content (AvgIpc) is 3.03. The number of piperidine rings is 1. The van der Waals surface area contributed by atoms with E-state index in [2.05, 4.69) is 17.4 Å². The van der Waals surface area contributed by atoms with Crippen molar-refractivity contribution in [3.8, 4) is 0 Å². The lowest BCUT2D eigenvalue weighted by Crippen LogP contribution is -2.39. The molecule has 1 aliphatic heterocycles. The molecule has 4 nitrogen and oxygen atoms in total. The molecule has 2 amide bonds. The number of imide groups is 1. The van der Waals surface area contributed by atoms with Gasteiger partial charge in [0, 0.05) is 17.4 Å². The van der Waals surface area contributed by atoms with Gasteiger partial charge in [-0.1, -0.05) is 12.1 Å². The largest absolute Gasteiger partial charge is 0.464 e. The van der Waals surface area contributed by atoms with Crippen molar-refractivity contribution in [3.63, 3.8) is 0 Å². The van der Waals surface area contributed by atoms with Crippen LogP contribution in [0, 0.1) is 0 Å². The number of furan rings is 1. The third-order valence-corrected chi connectivity index (χ3v) is 4.46. The summed E-state index contributed by atoms with van der Waals surface area (Å²) in [6, 6.07) is 4.21. The molecule has 1 atom stereocenters. The van der Waals surface area contributed by atoms with Gasteiger partial charge in [-0.05, 0) is 36.8 Å². The minimum Gasteiger partial charge on any atom is -0.464 e. The van der Waals surface area contributed by atoms with E-state index in [1.165, 1.54) is 17.5 Å². The SMILES string of the molecule is O=C1CCC(c2coc3c4c(ccc23)CCC4)C(=O)N1. The van der Waals surface area contributed by atoms with Gasteiger partial charge in [-0.3, -0.25) is 14.9 Å². The highest BCUT2D eigenvalue weighted by Gasteiger charge is 2.31. The molecule has 2 aromatic rings. The smallest absolute Gasteiger partial charge is 0.234 e. The maximum Gasteiger partial charge on any atom is 0.234 e. The number of hydrogen-bond donors (Lipinski definition) is 1. The van der Waals surface area contributed by atoms with Crippen molar-refractivity contribution in [2.75, 3.05) is 0 Å². The first-order chi connectivity index (χ1) is 9.74. The van der Waals surface area contributed by atoms with Gasteiger partial charge in [0.25, 0.3) is 0 Å². The minimum atomic E-state index is -0.270. The second kappa shape index (κ2) is 4.20. The van der Waals surface area contributed by atoms with Crippen LogP contribution in [0.5, 0.6) is 0 Å². The van der Waals surface area contributed by atoms with Crippen LogP contribution < -0.4 is 5.32 Å². The Morgan fingerprint density at radius 1 is 1.15 bits per heavy atom. The minimum absolute atomic E-state index is 0.181. The van der Waals surface area contributed by atoms with Crippen molar-refractivity contribution < 1.29 is 14.0 Å². The number of carbonyl (C=O) groups is 2. The quantitative estimate of drug-likeness (QED) is 0.809. The summed E-state index contributed by atoms with van der Waals surface area (Å²) in [7, 11) is 0. The van der Waals surface area contributed by atoms with Crippen LogP contribution in [0.15, 0.2) is 22.8 Å². The van der Waals surface area contributed by atoms with Crippen molar-refractivity contribution >= 4 is 22.8 Å². The standard InChI is InChI=1S/C16H15NO3/c18-14-7-6-12(16(19)17-14)13-8-20-15-10-3-1-2-9(10)4-5-11(13)15/h4-5,8,12H,1-3,6-7H2,(H,17,18,19). The molecule has 1 N–H and O–H groups in total. The van der Waals surface area contributed by atoms with E-state index in [-0.39, 0.29) is 17.7 Å². The molecule has 1 aromatic heterocycles. The molecule has 4 rings (SSSR count). The van der Waals surface area contributed by atoms with Gasteiger partial charge in [-0.25, -0.2) is 0 Å². The van der Waals surface area contributed by atoms with Gasteiger partial charge in [0.15, 0.2) is 0 Å². The van der Waals surface area contributed by atoms with E-state index in [4.69, 9.17) is 4.42 Å². The van der Waals surface area contributed by atoms with E-state index >= 15 is 0 Å². The van der Waals surface area contributed by atoms with Gasteiger partial charge in [-0.15, -0.1) is 0 Å². The summed E-state index contributed by atoms with van der Waals surface area (Å²) < 4.78 is 5.76. The zero-order valence-electron chi connectivity index (χ0n) is 11.1. The molecule has 0 spiro atoms. The highest BCUT2D eigenvalue weighted by Crippen LogP contribution is 2.37. The number of amides is 2. The van der Waals surface area contributed by atoms with Crippen molar-refractivity contribution in [2.24, 2.45) is 0 Å². The second-order valence-corrected chi connectivity index (χ2v) is 5.63. The first kappa shape index (κ1) is 11.7. The number of benzene rings is 1. The Bertz CT molecular complexity index is 729. The van der Waals surface area contributed by atoms with Crippen molar-refractivity contribution in [3.05, 3.63) is 35.1 Å². The highest BCUT2D eigenvalue weighted by molar-refractivity contribution is 6.03. The van der Waals surface area contributed by atoms with Crippen LogP contribution in [-0.4, -0.2) is 11.8 Å². The monoisotopic (exact) mass is 269 g/mol. The van der Waals surface area contributed by atoms with Gasteiger partial charge in [0.1, 0.15) is 5.58 Å². The van der Waals surface area contributed by atoms with Crippen LogP contribution >= 0.6 is 0 Å². The molecule has 2 aliphatic rings. The molecule has 1 saturated heterocycles. The lowest BCUT2D eigenvalue weighted by Gasteiger charge is -2.19. The van der Waals surface area contributed by atoms with E-state index < -0.39 is 0 Å². The van der Waals surface area contributed by atoms with Crippen LogP contribution in [0.1, 0.15) is 41.9 Å². The second-order valence-electron chi connectivity index (χ2n) is 5.63. The number of aryl methyl sites for hydroxylation is 2.